The predicted molar refractivity (Wildman–Crippen MR) is 119 cm³/mol. The van der Waals surface area contributed by atoms with Crippen LogP contribution in [-0.4, -0.2) is 27.7 Å². The molecule has 2 aromatic heterocycles. The first-order valence-electron chi connectivity index (χ1n) is 9.57. The smallest absolute Gasteiger partial charge is 0.301 e. The normalized spacial score (nSPS) is 11.2. The fourth-order valence-corrected chi connectivity index (χ4v) is 3.73. The van der Waals surface area contributed by atoms with Crippen molar-refractivity contribution in [2.24, 2.45) is 10.2 Å². The highest BCUT2D eigenvalue weighted by atomic mass is 32.1. The van der Waals surface area contributed by atoms with Gasteiger partial charge in [-0.25, -0.2) is 4.98 Å². The highest BCUT2D eigenvalue weighted by molar-refractivity contribution is 7.12. The molecule has 0 atom stereocenters. The van der Waals surface area contributed by atoms with Gasteiger partial charge in [0.1, 0.15) is 17.7 Å². The zero-order valence-corrected chi connectivity index (χ0v) is 17.7. The lowest BCUT2D eigenvalue weighted by atomic mass is 10.1. The van der Waals surface area contributed by atoms with Crippen molar-refractivity contribution in [3.63, 3.8) is 0 Å². The zero-order chi connectivity index (χ0) is 21.8. The van der Waals surface area contributed by atoms with Gasteiger partial charge in [0, 0.05) is 16.5 Å². The van der Waals surface area contributed by atoms with Gasteiger partial charge in [-0.1, -0.05) is 36.4 Å². The van der Waals surface area contributed by atoms with E-state index in [1.807, 2.05) is 36.6 Å². The number of hydrogen-bond donors (Lipinski definition) is 1. The first-order valence-corrected chi connectivity index (χ1v) is 10.5. The van der Waals surface area contributed by atoms with Gasteiger partial charge in [-0.2, -0.15) is 4.68 Å². The Morgan fingerprint density at radius 3 is 2.68 bits per heavy atom. The fraction of sp³-hybridized carbons (Fsp3) is 0.136. The van der Waals surface area contributed by atoms with Crippen LogP contribution in [0.1, 0.15) is 23.0 Å². The monoisotopic (exact) mass is 433 g/mol. The number of aryl methyl sites for hydroxylation is 1. The summed E-state index contributed by atoms with van der Waals surface area (Å²) in [5.74, 6) is 0.604. The average Bonchev–Trinajstić information content (AvgIpc) is 3.38. The zero-order valence-electron chi connectivity index (χ0n) is 16.9. The number of carbonyl (C=O) groups excluding carboxylic acids is 1. The van der Waals surface area contributed by atoms with Crippen LogP contribution in [0.3, 0.4) is 0 Å². The van der Waals surface area contributed by atoms with E-state index < -0.39 is 0 Å². The number of azo groups is 1. The van der Waals surface area contributed by atoms with Gasteiger partial charge in [0.05, 0.1) is 18.0 Å². The summed E-state index contributed by atoms with van der Waals surface area (Å²) in [6.07, 6.45) is 0.792. The lowest BCUT2D eigenvalue weighted by Crippen LogP contribution is -2.13. The van der Waals surface area contributed by atoms with E-state index in [1.165, 1.54) is 16.0 Å². The molecule has 31 heavy (non-hydrogen) atoms. The Morgan fingerprint density at radius 2 is 1.94 bits per heavy atom. The molecular weight excluding hydrogens is 414 g/mol. The number of aldehydes is 1. The number of nitrogens with one attached hydrogen (secondary N) is 1. The number of aromatic nitrogens is 3. The molecule has 0 saturated heterocycles. The predicted octanol–water partition coefficient (Wildman–Crippen LogP) is 5.22. The van der Waals surface area contributed by atoms with Crippen molar-refractivity contribution in [2.45, 2.75) is 13.8 Å². The van der Waals surface area contributed by atoms with Gasteiger partial charge in [0.15, 0.2) is 5.69 Å². The summed E-state index contributed by atoms with van der Waals surface area (Å²) < 4.78 is 6.90. The van der Waals surface area contributed by atoms with Crippen LogP contribution in [0, 0.1) is 6.92 Å². The summed E-state index contributed by atoms with van der Waals surface area (Å²) in [5.41, 5.74) is 3.16. The molecule has 0 bridgehead atoms. The summed E-state index contributed by atoms with van der Waals surface area (Å²) in [4.78, 5) is 28.3. The van der Waals surface area contributed by atoms with Crippen LogP contribution in [0.5, 0.6) is 5.75 Å². The van der Waals surface area contributed by atoms with Crippen LogP contribution >= 0.6 is 11.3 Å². The SMILES string of the molecule is CCOc1ccccc1N=Nc1c(C)[nH]n(-c2nc(-c3ccc(C=O)cc3)cs2)c1=O. The number of rotatable bonds is 7. The minimum Gasteiger partial charge on any atom is -0.492 e. The highest BCUT2D eigenvalue weighted by Crippen LogP contribution is 2.29. The van der Waals surface area contributed by atoms with Gasteiger partial charge < -0.3 is 4.74 Å². The van der Waals surface area contributed by atoms with E-state index in [0.29, 0.717) is 40.1 Å². The molecule has 9 heteroatoms. The average molecular weight is 433 g/mol. The second-order valence-electron chi connectivity index (χ2n) is 6.58. The van der Waals surface area contributed by atoms with Crippen LogP contribution in [0.15, 0.2) is 68.9 Å². The van der Waals surface area contributed by atoms with Gasteiger partial charge in [-0.15, -0.1) is 21.6 Å². The lowest BCUT2D eigenvalue weighted by molar-refractivity contribution is 0.112. The van der Waals surface area contributed by atoms with Crippen LogP contribution in [-0.2, 0) is 0 Å². The second kappa shape index (κ2) is 8.88. The van der Waals surface area contributed by atoms with E-state index in [0.717, 1.165) is 11.8 Å². The molecule has 0 fully saturated rings. The Kier molecular flexibility index (Phi) is 5.85. The van der Waals surface area contributed by atoms with Gasteiger partial charge in [-0.3, -0.25) is 14.7 Å². The standard InChI is InChI=1S/C22H19N5O3S/c1-3-30-19-7-5-4-6-17(19)24-25-20-14(2)26-27(21(20)29)22-23-18(13-31-22)16-10-8-15(12-28)9-11-16/h4-13,26H,3H2,1-2H3. The van der Waals surface area contributed by atoms with Gasteiger partial charge in [0.2, 0.25) is 5.13 Å². The van der Waals surface area contributed by atoms with Crippen LogP contribution in [0.4, 0.5) is 11.4 Å². The van der Waals surface area contributed by atoms with E-state index in [2.05, 4.69) is 20.3 Å². The van der Waals surface area contributed by atoms with E-state index in [4.69, 9.17) is 4.74 Å². The number of nitrogens with zero attached hydrogens (tertiary/aromatic N) is 4. The Morgan fingerprint density at radius 1 is 1.16 bits per heavy atom. The molecule has 8 nitrogen and oxygen atoms in total. The number of carbonyl (C=O) groups is 1. The van der Waals surface area contributed by atoms with Crippen molar-refractivity contribution in [2.75, 3.05) is 6.61 Å². The topological polar surface area (TPSA) is 102 Å². The summed E-state index contributed by atoms with van der Waals surface area (Å²) >= 11 is 1.33. The number of H-pyrrole nitrogens is 1. The van der Waals surface area contributed by atoms with Crippen molar-refractivity contribution in [1.82, 2.24) is 14.8 Å². The van der Waals surface area contributed by atoms with E-state index >= 15 is 0 Å². The van der Waals surface area contributed by atoms with Crippen molar-refractivity contribution >= 4 is 29.0 Å². The number of para-hydroxylation sites is 1. The summed E-state index contributed by atoms with van der Waals surface area (Å²) in [6.45, 7) is 4.15. The molecule has 0 radical (unpaired) electrons. The number of benzene rings is 2. The lowest BCUT2D eigenvalue weighted by Gasteiger charge is -2.04. The third-order valence-electron chi connectivity index (χ3n) is 4.49. The Hall–Kier alpha value is -3.85. The highest BCUT2D eigenvalue weighted by Gasteiger charge is 2.15. The quantitative estimate of drug-likeness (QED) is 0.319. The van der Waals surface area contributed by atoms with Crippen LogP contribution < -0.4 is 10.3 Å². The Balaban J connectivity index is 1.64. The molecule has 0 aliphatic heterocycles. The first kappa shape index (κ1) is 20.4. The van der Waals surface area contributed by atoms with Crippen LogP contribution in [0.2, 0.25) is 0 Å². The third kappa shape index (κ3) is 4.22. The minimum atomic E-state index is -0.340. The Bertz CT molecular complexity index is 1300. The van der Waals surface area contributed by atoms with Crippen LogP contribution in [0.25, 0.3) is 16.4 Å². The van der Waals surface area contributed by atoms with E-state index in [-0.39, 0.29) is 11.2 Å². The van der Waals surface area contributed by atoms with E-state index in [1.54, 1.807) is 31.2 Å². The maximum Gasteiger partial charge on any atom is 0.301 e. The molecule has 2 heterocycles. The molecule has 0 saturated carbocycles. The molecular formula is C22H19N5O3S. The third-order valence-corrected chi connectivity index (χ3v) is 5.31. The molecule has 4 rings (SSSR count). The Labute approximate surface area is 181 Å². The molecule has 2 aromatic carbocycles. The van der Waals surface area contributed by atoms with Gasteiger partial charge in [0.25, 0.3) is 0 Å². The number of aromatic amines is 1. The fourth-order valence-electron chi connectivity index (χ4n) is 2.94. The molecule has 1 N–H and O–H groups in total. The molecule has 0 aliphatic carbocycles. The molecule has 0 aliphatic rings. The summed E-state index contributed by atoms with van der Waals surface area (Å²) in [5, 5.41) is 13.7. The van der Waals surface area contributed by atoms with E-state index in [9.17, 15) is 9.59 Å². The van der Waals surface area contributed by atoms with Gasteiger partial charge >= 0.3 is 5.56 Å². The molecule has 0 unspecified atom stereocenters. The number of hydrogen-bond acceptors (Lipinski definition) is 7. The number of thiazole rings is 1. The maximum absolute atomic E-state index is 12.9. The molecule has 156 valence electrons. The van der Waals surface area contributed by atoms with Crippen molar-refractivity contribution in [3.05, 3.63) is 75.5 Å². The van der Waals surface area contributed by atoms with Gasteiger partial charge in [-0.05, 0) is 26.0 Å². The maximum atomic E-state index is 12.9. The first-order chi connectivity index (χ1) is 15.1. The largest absolute Gasteiger partial charge is 0.492 e. The van der Waals surface area contributed by atoms with Crippen molar-refractivity contribution in [1.29, 1.82) is 0 Å². The van der Waals surface area contributed by atoms with Crippen molar-refractivity contribution in [3.8, 4) is 22.1 Å². The minimum absolute atomic E-state index is 0.207. The van der Waals surface area contributed by atoms with Crippen molar-refractivity contribution < 1.29 is 9.53 Å². The second-order valence-corrected chi connectivity index (χ2v) is 7.42. The molecule has 0 amide bonds. The summed E-state index contributed by atoms with van der Waals surface area (Å²) in [6, 6.07) is 14.4. The number of ether oxygens (including phenoxy) is 1. The molecule has 0 spiro atoms. The summed E-state index contributed by atoms with van der Waals surface area (Å²) in [7, 11) is 0. The molecule has 4 aromatic rings.